The van der Waals surface area contributed by atoms with Crippen LogP contribution in [0.15, 0.2) is 41.2 Å². The Balaban J connectivity index is 1.52. The quantitative estimate of drug-likeness (QED) is 0.0540. The first-order valence-electron chi connectivity index (χ1n) is 25.8. The lowest BCUT2D eigenvalue weighted by Crippen LogP contribution is -2.64. The maximum absolute atomic E-state index is 14.4. The van der Waals surface area contributed by atoms with Crippen LogP contribution in [0.1, 0.15) is 92.6 Å². The first-order chi connectivity index (χ1) is 39.0. The Hall–Kier alpha value is -8.46. The molecule has 2 aromatic carbocycles. The molecule has 5 rings (SSSR count). The van der Waals surface area contributed by atoms with Crippen LogP contribution in [0.25, 0.3) is 17.0 Å². The number of methoxy groups -OCH3 is 4. The first kappa shape index (κ1) is 64.4. The molecule has 0 unspecified atom stereocenters. The zero-order chi connectivity index (χ0) is 60.5. The maximum Gasteiger partial charge on any atom is 0.339 e. The summed E-state index contributed by atoms with van der Waals surface area (Å²) in [5.41, 5.74) is -0.0894. The van der Waals surface area contributed by atoms with Crippen LogP contribution in [0, 0.1) is 0 Å². The number of nitrogens with one attached hydrogen (secondary N) is 1. The number of anilines is 1. The monoisotopic (exact) mass is 1160 g/mol. The van der Waals surface area contributed by atoms with E-state index in [0.717, 1.165) is 93.9 Å². The van der Waals surface area contributed by atoms with E-state index in [-0.39, 0.29) is 51.9 Å². The number of esters is 8. The standard InChI is InChI=1S/C55H68N2O25/c1-13-14-15-16-17-18-23-72-46-40(79-54-49(77-31(6)62)44(75-29(4)60)42(73-27(2)58)47(81-54)52(66)70-11)35-21-20-34(26-36(35)57(8)51(46)65)56-39(64)22-19-33-24-37(68-9)41(38(25-33)69-10)80-55-50(78-32(7)63)45(76-30(5)61)43(74-28(3)59)48(82-55)53(67)71-12/h19-22,24-26,42-45,47-50,54-55H,13-18,23H2,1-12H3,(H,56,64)/b22-19+/t42-,43-,44-,45-,47-,48-,49+,50+,54+,55+/m0/s1. The predicted octanol–water partition coefficient (Wildman–Crippen LogP) is 4.09. The average Bonchev–Trinajstić information content (AvgIpc) is 2.40. The lowest BCUT2D eigenvalue weighted by molar-refractivity contribution is -0.282. The molecule has 2 fully saturated rings. The highest BCUT2D eigenvalue weighted by Crippen LogP contribution is 2.43. The third-order valence-electron chi connectivity index (χ3n) is 12.4. The number of aryl methyl sites for hydroxylation is 1. The van der Waals surface area contributed by atoms with E-state index in [1.54, 1.807) is 0 Å². The predicted molar refractivity (Wildman–Crippen MR) is 281 cm³/mol. The van der Waals surface area contributed by atoms with Crippen molar-refractivity contribution in [1.29, 1.82) is 0 Å². The van der Waals surface area contributed by atoms with Crippen molar-refractivity contribution in [2.24, 2.45) is 7.05 Å². The van der Waals surface area contributed by atoms with E-state index in [2.05, 4.69) is 12.2 Å². The van der Waals surface area contributed by atoms with Gasteiger partial charge in [-0.05, 0) is 48.4 Å². The van der Waals surface area contributed by atoms with E-state index in [1.807, 2.05) is 0 Å². The first-order valence-corrected chi connectivity index (χ1v) is 25.8. The molecule has 10 atom stereocenters. The molecule has 1 N–H and O–H groups in total. The topological polar surface area (TPSA) is 326 Å². The largest absolute Gasteiger partial charge is 0.493 e. The van der Waals surface area contributed by atoms with Crippen LogP contribution >= 0.6 is 0 Å². The molecule has 0 bridgehead atoms. The molecule has 3 heterocycles. The van der Waals surface area contributed by atoms with Gasteiger partial charge in [0.15, 0.2) is 53.9 Å². The van der Waals surface area contributed by atoms with Crippen LogP contribution in [0.4, 0.5) is 5.69 Å². The second-order valence-electron chi connectivity index (χ2n) is 18.5. The third kappa shape index (κ3) is 16.6. The Morgan fingerprint density at radius 1 is 0.561 bits per heavy atom. The Labute approximate surface area is 470 Å². The van der Waals surface area contributed by atoms with Crippen molar-refractivity contribution >= 4 is 76.3 Å². The fourth-order valence-electron chi connectivity index (χ4n) is 8.91. The minimum absolute atomic E-state index is 0.0427. The van der Waals surface area contributed by atoms with Gasteiger partial charge in [-0.2, -0.15) is 0 Å². The number of nitrogens with zero attached hydrogens (tertiary/aromatic N) is 1. The molecular formula is C55H68N2O25. The van der Waals surface area contributed by atoms with Gasteiger partial charge < -0.3 is 80.9 Å². The van der Waals surface area contributed by atoms with Gasteiger partial charge in [0.25, 0.3) is 5.56 Å². The lowest BCUT2D eigenvalue weighted by atomic mass is 9.97. The summed E-state index contributed by atoms with van der Waals surface area (Å²) in [7, 11) is 6.06. The molecule has 27 nitrogen and oxygen atoms in total. The zero-order valence-corrected chi connectivity index (χ0v) is 47.4. The van der Waals surface area contributed by atoms with Gasteiger partial charge in [0.1, 0.15) is 0 Å². The Bertz CT molecular complexity index is 2910. The van der Waals surface area contributed by atoms with Crippen LogP contribution in [-0.2, 0) is 97.6 Å². The van der Waals surface area contributed by atoms with Crippen LogP contribution in [0.2, 0.25) is 0 Å². The normalized spacial score (nSPS) is 22.1. The van der Waals surface area contributed by atoms with Crippen LogP contribution in [0.5, 0.6) is 28.7 Å². The summed E-state index contributed by atoms with van der Waals surface area (Å²) in [5, 5.41) is 2.92. The molecule has 27 heteroatoms. The lowest BCUT2D eigenvalue weighted by Gasteiger charge is -2.43. The summed E-state index contributed by atoms with van der Waals surface area (Å²) >= 11 is 0. The fourth-order valence-corrected chi connectivity index (χ4v) is 8.91. The summed E-state index contributed by atoms with van der Waals surface area (Å²) < 4.78 is 85.8. The Morgan fingerprint density at radius 3 is 1.45 bits per heavy atom. The number of benzene rings is 2. The van der Waals surface area contributed by atoms with Crippen molar-refractivity contribution in [1.82, 2.24) is 4.57 Å². The van der Waals surface area contributed by atoms with Crippen LogP contribution in [0.3, 0.4) is 0 Å². The molecule has 0 saturated carbocycles. The Morgan fingerprint density at radius 2 is 1.00 bits per heavy atom. The van der Waals surface area contributed by atoms with E-state index in [0.29, 0.717) is 12.0 Å². The number of carbonyl (C=O) groups excluding carboxylic acids is 9. The highest BCUT2D eigenvalue weighted by molar-refractivity contribution is 6.03. The molecule has 448 valence electrons. The summed E-state index contributed by atoms with van der Waals surface area (Å²) in [6.07, 6.45) is -9.49. The highest BCUT2D eigenvalue weighted by atomic mass is 16.8. The summed E-state index contributed by atoms with van der Waals surface area (Å²) in [6.45, 7) is 8.37. The molecule has 0 radical (unpaired) electrons. The van der Waals surface area contributed by atoms with E-state index in [9.17, 15) is 47.9 Å². The van der Waals surface area contributed by atoms with Gasteiger partial charge >= 0.3 is 47.8 Å². The minimum atomic E-state index is -1.86. The zero-order valence-electron chi connectivity index (χ0n) is 47.4. The van der Waals surface area contributed by atoms with Crippen LogP contribution < -0.4 is 34.6 Å². The molecule has 0 spiro atoms. The molecule has 1 amide bonds. The number of unbranched alkanes of at least 4 members (excludes halogenated alkanes) is 5. The van der Waals surface area contributed by atoms with E-state index in [4.69, 9.17) is 71.1 Å². The fraction of sp³-hybridized carbons (Fsp3) is 0.527. The van der Waals surface area contributed by atoms with Gasteiger partial charge in [0, 0.05) is 65.7 Å². The maximum atomic E-state index is 14.4. The molecule has 2 saturated heterocycles. The van der Waals surface area contributed by atoms with Gasteiger partial charge in [-0.3, -0.25) is 38.4 Å². The van der Waals surface area contributed by atoms with Gasteiger partial charge in [0.2, 0.25) is 42.2 Å². The molecular weight excluding hydrogens is 1090 g/mol. The number of pyridine rings is 1. The summed E-state index contributed by atoms with van der Waals surface area (Å²) in [6, 6.07) is 7.27. The SMILES string of the molecule is CCCCCCCCOc1c(O[C@@H]2O[C@H](C(=O)OC)[C@@H](OC(C)=O)[C@H](OC(C)=O)[C@H]2OC(C)=O)c2ccc(NC(=O)/C=C/c3cc(OC)c(O[C@@H]4O[C@H](C(=O)OC)[C@@H](OC(C)=O)[C@H](OC(C)=O)[C@H]4OC(C)=O)c(OC)c3)cc2n(C)c1=O. The number of rotatable bonds is 25. The van der Waals surface area contributed by atoms with Crippen molar-refractivity contribution in [3.63, 3.8) is 0 Å². The highest BCUT2D eigenvalue weighted by Gasteiger charge is 2.58. The molecule has 2 aliphatic rings. The van der Waals surface area contributed by atoms with Crippen molar-refractivity contribution in [2.45, 2.75) is 148 Å². The van der Waals surface area contributed by atoms with Gasteiger partial charge in [0.05, 0.1) is 40.6 Å². The average molecular weight is 1160 g/mol. The second-order valence-corrected chi connectivity index (χ2v) is 18.5. The van der Waals surface area contributed by atoms with Crippen LogP contribution in [-0.4, -0.2) is 155 Å². The van der Waals surface area contributed by atoms with E-state index >= 15 is 0 Å². The number of ether oxygens (including phenoxy) is 15. The number of aromatic nitrogens is 1. The number of fused-ring (bicyclic) bond motifs is 1. The van der Waals surface area contributed by atoms with Crippen molar-refractivity contribution in [3.05, 3.63) is 52.3 Å². The third-order valence-corrected chi connectivity index (χ3v) is 12.4. The molecule has 2 aliphatic heterocycles. The number of hydrogen-bond donors (Lipinski definition) is 1. The molecule has 0 aliphatic carbocycles. The molecule has 1 aromatic heterocycles. The summed E-state index contributed by atoms with van der Waals surface area (Å²) in [5.74, 6) is -9.12. The van der Waals surface area contributed by atoms with E-state index in [1.165, 1.54) is 62.2 Å². The number of amides is 1. The van der Waals surface area contributed by atoms with Gasteiger partial charge in [-0.25, -0.2) is 9.59 Å². The second kappa shape index (κ2) is 29.8. The smallest absolute Gasteiger partial charge is 0.339 e. The van der Waals surface area contributed by atoms with E-state index < -0.39 is 121 Å². The minimum Gasteiger partial charge on any atom is -0.493 e. The summed E-state index contributed by atoms with van der Waals surface area (Å²) in [4.78, 5) is 129. The number of carbonyl (C=O) groups is 9. The molecule has 82 heavy (non-hydrogen) atoms. The number of hydrogen-bond acceptors (Lipinski definition) is 25. The van der Waals surface area contributed by atoms with Gasteiger partial charge in [-0.15, -0.1) is 0 Å². The van der Waals surface area contributed by atoms with Crippen molar-refractivity contribution < 1.29 is 114 Å². The van der Waals surface area contributed by atoms with Crippen molar-refractivity contribution in [2.75, 3.05) is 40.4 Å². The molecule has 3 aromatic rings. The van der Waals surface area contributed by atoms with Crippen molar-refractivity contribution in [3.8, 4) is 28.7 Å². The Kier molecular flexibility index (Phi) is 23.4. The van der Waals surface area contributed by atoms with Gasteiger partial charge in [-0.1, -0.05) is 39.0 Å².